The van der Waals surface area contributed by atoms with Gasteiger partial charge >= 0.3 is 0 Å². The summed E-state index contributed by atoms with van der Waals surface area (Å²) >= 11 is 3.48. The standard InChI is InChI=1S/C14H21BrN2O/c1-2-17-14(12-4-3-5-18-10-12)7-11-6-13(15)9-16-8-11/h6,8-9,12,14,17H,2-5,7,10H2,1H3. The molecule has 0 radical (unpaired) electrons. The van der Waals surface area contributed by atoms with Crippen LogP contribution in [0.1, 0.15) is 25.3 Å². The summed E-state index contributed by atoms with van der Waals surface area (Å²) in [5.74, 6) is 0.623. The lowest BCUT2D eigenvalue weighted by atomic mass is 9.89. The predicted octanol–water partition coefficient (Wildman–Crippen LogP) is 2.79. The average Bonchev–Trinajstić information content (AvgIpc) is 2.39. The minimum atomic E-state index is 0.492. The van der Waals surface area contributed by atoms with Gasteiger partial charge in [0.2, 0.25) is 0 Å². The maximum atomic E-state index is 5.61. The van der Waals surface area contributed by atoms with Crippen LogP contribution in [0.3, 0.4) is 0 Å². The highest BCUT2D eigenvalue weighted by Crippen LogP contribution is 2.21. The molecule has 0 amide bonds. The van der Waals surface area contributed by atoms with Crippen LogP contribution in [0.4, 0.5) is 0 Å². The lowest BCUT2D eigenvalue weighted by Crippen LogP contribution is -2.41. The van der Waals surface area contributed by atoms with Crippen molar-refractivity contribution < 1.29 is 4.74 Å². The van der Waals surface area contributed by atoms with Gasteiger partial charge in [-0.15, -0.1) is 0 Å². The molecule has 4 heteroatoms. The van der Waals surface area contributed by atoms with E-state index in [1.165, 1.54) is 18.4 Å². The summed E-state index contributed by atoms with van der Waals surface area (Å²) in [6, 6.07) is 2.65. The minimum absolute atomic E-state index is 0.492. The summed E-state index contributed by atoms with van der Waals surface area (Å²) in [4.78, 5) is 4.24. The molecule has 2 unspecified atom stereocenters. The van der Waals surface area contributed by atoms with E-state index in [0.717, 1.165) is 30.7 Å². The summed E-state index contributed by atoms with van der Waals surface area (Å²) in [5, 5.41) is 3.60. The topological polar surface area (TPSA) is 34.2 Å². The number of hydrogen-bond acceptors (Lipinski definition) is 3. The molecule has 2 atom stereocenters. The molecule has 1 N–H and O–H groups in total. The highest BCUT2D eigenvalue weighted by molar-refractivity contribution is 9.10. The van der Waals surface area contributed by atoms with Gasteiger partial charge in [0.1, 0.15) is 0 Å². The van der Waals surface area contributed by atoms with E-state index in [1.807, 2.05) is 12.4 Å². The van der Waals surface area contributed by atoms with E-state index in [2.05, 4.69) is 39.2 Å². The van der Waals surface area contributed by atoms with Crippen LogP contribution in [0.2, 0.25) is 0 Å². The molecule has 1 aromatic rings. The van der Waals surface area contributed by atoms with Gasteiger partial charge in [0, 0.05) is 29.5 Å². The van der Waals surface area contributed by atoms with Crippen LogP contribution in [-0.4, -0.2) is 30.8 Å². The molecule has 1 aromatic heterocycles. The number of hydrogen-bond donors (Lipinski definition) is 1. The lowest BCUT2D eigenvalue weighted by molar-refractivity contribution is 0.0396. The van der Waals surface area contributed by atoms with Crippen molar-refractivity contribution in [2.24, 2.45) is 5.92 Å². The van der Waals surface area contributed by atoms with E-state index >= 15 is 0 Å². The number of nitrogens with one attached hydrogen (secondary N) is 1. The molecule has 1 saturated heterocycles. The van der Waals surface area contributed by atoms with Crippen molar-refractivity contribution in [3.8, 4) is 0 Å². The van der Waals surface area contributed by atoms with Gasteiger partial charge in [-0.1, -0.05) is 6.92 Å². The molecule has 0 spiro atoms. The molecule has 0 aromatic carbocycles. The second kappa shape index (κ2) is 7.22. The number of pyridine rings is 1. The first kappa shape index (κ1) is 14.0. The summed E-state index contributed by atoms with van der Waals surface area (Å²) in [6.07, 6.45) is 7.25. The van der Waals surface area contributed by atoms with Crippen molar-refractivity contribution in [2.45, 2.75) is 32.2 Å². The zero-order chi connectivity index (χ0) is 12.8. The first-order valence-electron chi connectivity index (χ1n) is 6.70. The normalized spacial score (nSPS) is 21.8. The molecule has 2 heterocycles. The first-order chi connectivity index (χ1) is 8.79. The number of rotatable bonds is 5. The van der Waals surface area contributed by atoms with Crippen molar-refractivity contribution in [3.63, 3.8) is 0 Å². The molecule has 0 aliphatic carbocycles. The SMILES string of the molecule is CCNC(Cc1cncc(Br)c1)C1CCCOC1. The average molecular weight is 313 g/mol. The molecule has 1 aliphatic heterocycles. The quantitative estimate of drug-likeness (QED) is 0.908. The van der Waals surface area contributed by atoms with Crippen molar-refractivity contribution in [1.29, 1.82) is 0 Å². The van der Waals surface area contributed by atoms with Gasteiger partial charge < -0.3 is 10.1 Å². The smallest absolute Gasteiger partial charge is 0.0509 e. The van der Waals surface area contributed by atoms with Gasteiger partial charge in [0.25, 0.3) is 0 Å². The molecule has 2 rings (SSSR count). The zero-order valence-electron chi connectivity index (χ0n) is 10.9. The van der Waals surface area contributed by atoms with Crippen molar-refractivity contribution in [3.05, 3.63) is 28.5 Å². The number of aromatic nitrogens is 1. The molecular weight excluding hydrogens is 292 g/mol. The van der Waals surface area contributed by atoms with Crippen LogP contribution in [0.5, 0.6) is 0 Å². The van der Waals surface area contributed by atoms with Crippen molar-refractivity contribution in [2.75, 3.05) is 19.8 Å². The van der Waals surface area contributed by atoms with Crippen molar-refractivity contribution >= 4 is 15.9 Å². The third kappa shape index (κ3) is 4.04. The maximum Gasteiger partial charge on any atom is 0.0509 e. The van der Waals surface area contributed by atoms with E-state index in [4.69, 9.17) is 4.74 Å². The fourth-order valence-corrected chi connectivity index (χ4v) is 2.98. The molecule has 0 saturated carbocycles. The Kier molecular flexibility index (Phi) is 5.60. The van der Waals surface area contributed by atoms with Gasteiger partial charge in [-0.3, -0.25) is 4.98 Å². The Hall–Kier alpha value is -0.450. The Morgan fingerprint density at radius 3 is 3.11 bits per heavy atom. The van der Waals surface area contributed by atoms with Crippen molar-refractivity contribution in [1.82, 2.24) is 10.3 Å². The molecule has 18 heavy (non-hydrogen) atoms. The predicted molar refractivity (Wildman–Crippen MR) is 76.6 cm³/mol. The summed E-state index contributed by atoms with van der Waals surface area (Å²) < 4.78 is 6.66. The summed E-state index contributed by atoms with van der Waals surface area (Å²) in [7, 11) is 0. The summed E-state index contributed by atoms with van der Waals surface area (Å²) in [6.45, 7) is 4.98. The maximum absolute atomic E-state index is 5.61. The molecule has 3 nitrogen and oxygen atoms in total. The first-order valence-corrected chi connectivity index (χ1v) is 7.49. The fraction of sp³-hybridized carbons (Fsp3) is 0.643. The van der Waals surface area contributed by atoms with Crippen LogP contribution >= 0.6 is 15.9 Å². The Morgan fingerprint density at radius 1 is 1.56 bits per heavy atom. The Morgan fingerprint density at radius 2 is 2.44 bits per heavy atom. The van der Waals surface area contributed by atoms with E-state index < -0.39 is 0 Å². The van der Waals surface area contributed by atoms with Crippen LogP contribution < -0.4 is 5.32 Å². The Balaban J connectivity index is 2.00. The van der Waals surface area contributed by atoms with E-state index in [-0.39, 0.29) is 0 Å². The molecule has 100 valence electrons. The van der Waals surface area contributed by atoms with Gasteiger partial charge in [-0.25, -0.2) is 0 Å². The fourth-order valence-electron chi connectivity index (χ4n) is 2.57. The lowest BCUT2D eigenvalue weighted by Gasteiger charge is -2.31. The molecule has 1 aliphatic rings. The minimum Gasteiger partial charge on any atom is -0.381 e. The molecule has 0 bridgehead atoms. The van der Waals surface area contributed by atoms with Gasteiger partial charge in [0.05, 0.1) is 6.61 Å². The zero-order valence-corrected chi connectivity index (χ0v) is 12.4. The van der Waals surface area contributed by atoms with Crippen LogP contribution in [0.25, 0.3) is 0 Å². The number of likely N-dealkylation sites (N-methyl/N-ethyl adjacent to an activating group) is 1. The number of ether oxygens (including phenoxy) is 1. The third-order valence-electron chi connectivity index (χ3n) is 3.45. The van der Waals surface area contributed by atoms with Gasteiger partial charge in [0.15, 0.2) is 0 Å². The second-order valence-corrected chi connectivity index (χ2v) is 5.77. The molecular formula is C14H21BrN2O. The van der Waals surface area contributed by atoms with Crippen LogP contribution in [0.15, 0.2) is 22.9 Å². The summed E-state index contributed by atoms with van der Waals surface area (Å²) in [5.41, 5.74) is 1.28. The van der Waals surface area contributed by atoms with E-state index in [1.54, 1.807) is 0 Å². The van der Waals surface area contributed by atoms with E-state index in [0.29, 0.717) is 12.0 Å². The van der Waals surface area contributed by atoms with Gasteiger partial charge in [-0.05, 0) is 59.3 Å². The highest BCUT2D eigenvalue weighted by Gasteiger charge is 2.23. The number of nitrogens with zero attached hydrogens (tertiary/aromatic N) is 1. The largest absolute Gasteiger partial charge is 0.381 e. The Labute approximate surface area is 117 Å². The Bertz CT molecular complexity index is 367. The number of halogens is 1. The second-order valence-electron chi connectivity index (χ2n) is 4.86. The molecule has 1 fully saturated rings. The van der Waals surface area contributed by atoms with Gasteiger partial charge in [-0.2, -0.15) is 0 Å². The third-order valence-corrected chi connectivity index (χ3v) is 3.88. The monoisotopic (exact) mass is 312 g/mol. The van der Waals surface area contributed by atoms with E-state index in [9.17, 15) is 0 Å². The highest BCUT2D eigenvalue weighted by atomic mass is 79.9. The van der Waals surface area contributed by atoms with Crippen LogP contribution in [-0.2, 0) is 11.2 Å². The van der Waals surface area contributed by atoms with Crippen LogP contribution in [0, 0.1) is 5.92 Å².